The van der Waals surface area contributed by atoms with Crippen LogP contribution in [0.3, 0.4) is 0 Å². The third-order valence-electron chi connectivity index (χ3n) is 4.82. The number of amides is 2. The minimum Gasteiger partial charge on any atom is -0.480 e. The van der Waals surface area contributed by atoms with Gasteiger partial charge in [0.1, 0.15) is 6.04 Å². The Morgan fingerprint density at radius 1 is 1.10 bits per heavy atom. The van der Waals surface area contributed by atoms with Gasteiger partial charge in [-0.3, -0.25) is 0 Å². The number of hydrogen-bond acceptors (Lipinski definition) is 2. The fraction of sp³-hybridized carbons (Fsp3) is 0.867. The van der Waals surface area contributed by atoms with Gasteiger partial charge in [-0.25, -0.2) is 9.59 Å². The summed E-state index contributed by atoms with van der Waals surface area (Å²) in [6.07, 6.45) is 5.66. The van der Waals surface area contributed by atoms with Crippen molar-refractivity contribution >= 4 is 12.0 Å². The first-order chi connectivity index (χ1) is 9.56. The maximum absolute atomic E-state index is 12.7. The monoisotopic (exact) mass is 280 g/mol. The molecule has 3 rings (SSSR count). The van der Waals surface area contributed by atoms with E-state index < -0.39 is 12.0 Å². The Hall–Kier alpha value is -1.26. The summed E-state index contributed by atoms with van der Waals surface area (Å²) in [7, 11) is 0. The second-order valence-electron chi connectivity index (χ2n) is 6.82. The Labute approximate surface area is 119 Å². The average Bonchev–Trinajstić information content (AvgIpc) is 3.30. The maximum atomic E-state index is 12.7. The molecule has 1 aliphatic heterocycles. The van der Waals surface area contributed by atoms with Crippen molar-refractivity contribution in [3.63, 3.8) is 0 Å². The van der Waals surface area contributed by atoms with E-state index in [4.69, 9.17) is 0 Å². The van der Waals surface area contributed by atoms with Crippen LogP contribution in [0.5, 0.6) is 0 Å². The standard InChI is InChI=1S/C15H24N2O3/c1-10-6-7-17(13(10)14(18)19)15(20)16(8-11-2-3-11)9-12-4-5-12/h10-13H,2-9H2,1H3,(H,18,19). The summed E-state index contributed by atoms with van der Waals surface area (Å²) >= 11 is 0. The zero-order valence-corrected chi connectivity index (χ0v) is 12.1. The highest BCUT2D eigenvalue weighted by Crippen LogP contribution is 2.35. The number of carboxylic acids is 1. The highest BCUT2D eigenvalue weighted by Gasteiger charge is 2.42. The predicted molar refractivity (Wildman–Crippen MR) is 74.3 cm³/mol. The van der Waals surface area contributed by atoms with Gasteiger partial charge in [-0.15, -0.1) is 0 Å². The van der Waals surface area contributed by atoms with E-state index in [1.54, 1.807) is 4.90 Å². The molecular weight excluding hydrogens is 256 g/mol. The van der Waals surface area contributed by atoms with Crippen LogP contribution in [-0.2, 0) is 4.79 Å². The molecule has 5 nitrogen and oxygen atoms in total. The topological polar surface area (TPSA) is 60.9 Å². The minimum absolute atomic E-state index is 0.0412. The number of likely N-dealkylation sites (tertiary alicyclic amines) is 1. The van der Waals surface area contributed by atoms with E-state index in [0.29, 0.717) is 18.4 Å². The van der Waals surface area contributed by atoms with Crippen LogP contribution in [0.4, 0.5) is 4.79 Å². The molecule has 0 aromatic heterocycles. The first kappa shape index (κ1) is 13.7. The van der Waals surface area contributed by atoms with Crippen LogP contribution in [0.15, 0.2) is 0 Å². The van der Waals surface area contributed by atoms with E-state index >= 15 is 0 Å². The zero-order valence-electron chi connectivity index (χ0n) is 12.1. The first-order valence-electron chi connectivity index (χ1n) is 7.84. The summed E-state index contributed by atoms with van der Waals surface area (Å²) in [6.45, 7) is 4.17. The molecule has 1 N–H and O–H groups in total. The van der Waals surface area contributed by atoms with Gasteiger partial charge in [0.25, 0.3) is 0 Å². The fourth-order valence-electron chi connectivity index (χ4n) is 3.17. The maximum Gasteiger partial charge on any atom is 0.326 e. The van der Waals surface area contributed by atoms with Crippen LogP contribution < -0.4 is 0 Å². The molecule has 2 saturated carbocycles. The fourth-order valence-corrected chi connectivity index (χ4v) is 3.17. The second kappa shape index (κ2) is 5.26. The number of aliphatic carboxylic acids is 1. The quantitative estimate of drug-likeness (QED) is 0.838. The van der Waals surface area contributed by atoms with E-state index in [2.05, 4.69) is 0 Å². The number of carbonyl (C=O) groups excluding carboxylic acids is 1. The molecule has 2 unspecified atom stereocenters. The number of rotatable bonds is 5. The average molecular weight is 280 g/mol. The summed E-state index contributed by atoms with van der Waals surface area (Å²) in [4.78, 5) is 27.7. The lowest BCUT2D eigenvalue weighted by molar-refractivity contribution is -0.142. The lowest BCUT2D eigenvalue weighted by Gasteiger charge is -2.31. The third-order valence-corrected chi connectivity index (χ3v) is 4.82. The summed E-state index contributed by atoms with van der Waals surface area (Å²) in [5, 5.41) is 9.36. The van der Waals surface area contributed by atoms with E-state index in [1.165, 1.54) is 25.7 Å². The summed E-state index contributed by atoms with van der Waals surface area (Å²) < 4.78 is 0. The number of urea groups is 1. The molecule has 1 heterocycles. The van der Waals surface area contributed by atoms with Crippen molar-refractivity contribution in [3.05, 3.63) is 0 Å². The van der Waals surface area contributed by atoms with Crippen molar-refractivity contribution < 1.29 is 14.7 Å². The molecule has 20 heavy (non-hydrogen) atoms. The van der Waals surface area contributed by atoms with Crippen LogP contribution in [-0.4, -0.2) is 52.6 Å². The van der Waals surface area contributed by atoms with Crippen LogP contribution in [0.25, 0.3) is 0 Å². The molecule has 0 spiro atoms. The van der Waals surface area contributed by atoms with Crippen LogP contribution in [0.1, 0.15) is 39.0 Å². The highest BCUT2D eigenvalue weighted by atomic mass is 16.4. The minimum atomic E-state index is -0.860. The number of nitrogens with zero attached hydrogens (tertiary/aromatic N) is 2. The van der Waals surface area contributed by atoms with Crippen LogP contribution in [0, 0.1) is 17.8 Å². The van der Waals surface area contributed by atoms with Gasteiger partial charge < -0.3 is 14.9 Å². The molecular formula is C15H24N2O3. The summed E-state index contributed by atoms with van der Waals surface area (Å²) in [5.41, 5.74) is 0. The van der Waals surface area contributed by atoms with E-state index in [-0.39, 0.29) is 11.9 Å². The molecule has 1 saturated heterocycles. The normalized spacial score (nSPS) is 29.6. The van der Waals surface area contributed by atoms with Crippen LogP contribution >= 0.6 is 0 Å². The predicted octanol–water partition coefficient (Wildman–Crippen LogP) is 2.02. The van der Waals surface area contributed by atoms with Gasteiger partial charge in [0.05, 0.1) is 0 Å². The molecule has 0 bridgehead atoms. The Morgan fingerprint density at radius 2 is 1.65 bits per heavy atom. The molecule has 3 aliphatic rings. The van der Waals surface area contributed by atoms with Crippen molar-refractivity contribution in [1.29, 1.82) is 0 Å². The van der Waals surface area contributed by atoms with Gasteiger partial charge in [-0.05, 0) is 49.9 Å². The number of carbonyl (C=O) groups is 2. The largest absolute Gasteiger partial charge is 0.480 e. The van der Waals surface area contributed by atoms with Crippen molar-refractivity contribution in [2.75, 3.05) is 19.6 Å². The van der Waals surface area contributed by atoms with E-state index in [0.717, 1.165) is 19.5 Å². The molecule has 0 radical (unpaired) electrons. The number of carboxylic acid groups (broad SMARTS) is 1. The Morgan fingerprint density at radius 3 is 2.10 bits per heavy atom. The molecule has 2 aliphatic carbocycles. The lowest BCUT2D eigenvalue weighted by Crippen LogP contribution is -2.50. The SMILES string of the molecule is CC1CCN(C(=O)N(CC2CC2)CC2CC2)C1C(=O)O. The van der Waals surface area contributed by atoms with Gasteiger partial charge in [0.15, 0.2) is 0 Å². The van der Waals surface area contributed by atoms with Gasteiger partial charge >= 0.3 is 12.0 Å². The molecule has 3 fully saturated rings. The highest BCUT2D eigenvalue weighted by molar-refractivity contribution is 5.83. The van der Waals surface area contributed by atoms with Crippen molar-refractivity contribution in [1.82, 2.24) is 9.80 Å². The molecule has 5 heteroatoms. The van der Waals surface area contributed by atoms with Crippen molar-refractivity contribution in [2.24, 2.45) is 17.8 Å². The van der Waals surface area contributed by atoms with E-state index in [9.17, 15) is 14.7 Å². The van der Waals surface area contributed by atoms with Gasteiger partial charge in [0, 0.05) is 19.6 Å². The Bertz CT molecular complexity index is 390. The van der Waals surface area contributed by atoms with Gasteiger partial charge in [0.2, 0.25) is 0 Å². The summed E-state index contributed by atoms with van der Waals surface area (Å²) in [5.74, 6) is 0.503. The van der Waals surface area contributed by atoms with Gasteiger partial charge in [-0.2, -0.15) is 0 Å². The Balaban J connectivity index is 1.68. The Kier molecular flexibility index (Phi) is 3.61. The molecule has 2 amide bonds. The van der Waals surface area contributed by atoms with Gasteiger partial charge in [-0.1, -0.05) is 6.92 Å². The lowest BCUT2D eigenvalue weighted by atomic mass is 10.0. The van der Waals surface area contributed by atoms with Crippen molar-refractivity contribution in [3.8, 4) is 0 Å². The number of hydrogen-bond donors (Lipinski definition) is 1. The van der Waals surface area contributed by atoms with Crippen LogP contribution in [0.2, 0.25) is 0 Å². The zero-order chi connectivity index (χ0) is 14.3. The summed E-state index contributed by atoms with van der Waals surface area (Å²) in [6, 6.07) is -0.677. The first-order valence-corrected chi connectivity index (χ1v) is 7.84. The molecule has 0 aromatic rings. The third kappa shape index (κ3) is 2.91. The molecule has 112 valence electrons. The second-order valence-corrected chi connectivity index (χ2v) is 6.82. The smallest absolute Gasteiger partial charge is 0.326 e. The molecule has 2 atom stereocenters. The van der Waals surface area contributed by atoms with Crippen molar-refractivity contribution in [2.45, 2.75) is 45.1 Å². The van der Waals surface area contributed by atoms with E-state index in [1.807, 2.05) is 11.8 Å². The molecule has 0 aromatic carbocycles.